The van der Waals surface area contributed by atoms with Crippen molar-refractivity contribution in [2.75, 3.05) is 0 Å². The van der Waals surface area contributed by atoms with Gasteiger partial charge in [0.15, 0.2) is 6.04 Å². The molecule has 1 atom stereocenters. The number of carbonyl (C=O) groups excluding carboxylic acids is 2. The monoisotopic (exact) mass is 315 g/mol. The predicted molar refractivity (Wildman–Crippen MR) is 78.8 cm³/mol. The molecule has 110 valence electrons. The number of nitrogens with zero attached hydrogens (tertiary/aromatic N) is 1. The maximum absolute atomic E-state index is 12.4. The molecular formula is C16H10ClNO4. The number of rotatable bonds is 3. The molecule has 0 bridgehead atoms. The lowest BCUT2D eigenvalue weighted by molar-refractivity contribution is -0.141. The van der Waals surface area contributed by atoms with Gasteiger partial charge in [-0.1, -0.05) is 35.9 Å². The van der Waals surface area contributed by atoms with E-state index in [0.29, 0.717) is 10.6 Å². The Morgan fingerprint density at radius 3 is 1.91 bits per heavy atom. The molecule has 2 aromatic rings. The van der Waals surface area contributed by atoms with Gasteiger partial charge >= 0.3 is 5.97 Å². The number of imide groups is 1. The van der Waals surface area contributed by atoms with Crippen molar-refractivity contribution in [1.29, 1.82) is 0 Å². The Morgan fingerprint density at radius 1 is 0.955 bits per heavy atom. The van der Waals surface area contributed by atoms with Crippen molar-refractivity contribution in [2.45, 2.75) is 6.04 Å². The minimum absolute atomic E-state index is 0.215. The van der Waals surface area contributed by atoms with E-state index in [2.05, 4.69) is 0 Å². The first kappa shape index (κ1) is 14.3. The van der Waals surface area contributed by atoms with Crippen LogP contribution in [0.4, 0.5) is 0 Å². The molecule has 1 aliphatic rings. The number of benzene rings is 2. The number of carboxylic acids is 1. The van der Waals surface area contributed by atoms with Gasteiger partial charge in [0.25, 0.3) is 11.8 Å². The fourth-order valence-electron chi connectivity index (χ4n) is 2.49. The smallest absolute Gasteiger partial charge is 0.331 e. The van der Waals surface area contributed by atoms with Crippen molar-refractivity contribution in [2.24, 2.45) is 0 Å². The molecule has 0 spiro atoms. The second-order valence-corrected chi connectivity index (χ2v) is 5.25. The molecule has 0 saturated heterocycles. The Morgan fingerprint density at radius 2 is 1.45 bits per heavy atom. The van der Waals surface area contributed by atoms with Crippen molar-refractivity contribution < 1.29 is 19.5 Å². The molecule has 1 N–H and O–H groups in total. The van der Waals surface area contributed by atoms with E-state index < -0.39 is 23.8 Å². The summed E-state index contributed by atoms with van der Waals surface area (Å²) in [6.07, 6.45) is 0. The maximum Gasteiger partial charge on any atom is 0.331 e. The van der Waals surface area contributed by atoms with Crippen LogP contribution in [0.15, 0.2) is 48.5 Å². The minimum atomic E-state index is -1.38. The third kappa shape index (κ3) is 2.16. The van der Waals surface area contributed by atoms with Crippen molar-refractivity contribution >= 4 is 29.4 Å². The molecule has 2 amide bonds. The van der Waals surface area contributed by atoms with Gasteiger partial charge in [-0.25, -0.2) is 4.79 Å². The van der Waals surface area contributed by atoms with Gasteiger partial charge in [-0.15, -0.1) is 0 Å². The number of carbonyl (C=O) groups is 3. The minimum Gasteiger partial charge on any atom is -0.479 e. The van der Waals surface area contributed by atoms with E-state index in [1.54, 1.807) is 12.1 Å². The van der Waals surface area contributed by atoms with Gasteiger partial charge in [-0.05, 0) is 29.8 Å². The lowest BCUT2D eigenvalue weighted by Gasteiger charge is -2.22. The van der Waals surface area contributed by atoms with Crippen LogP contribution >= 0.6 is 11.6 Å². The first-order valence-electron chi connectivity index (χ1n) is 6.46. The van der Waals surface area contributed by atoms with Crippen molar-refractivity contribution in [3.8, 4) is 0 Å². The summed E-state index contributed by atoms with van der Waals surface area (Å²) in [6.45, 7) is 0. The van der Waals surface area contributed by atoms with Crippen molar-refractivity contribution in [3.63, 3.8) is 0 Å². The van der Waals surface area contributed by atoms with E-state index in [4.69, 9.17) is 11.6 Å². The molecule has 1 heterocycles. The van der Waals surface area contributed by atoms with Gasteiger partial charge in [0.05, 0.1) is 11.1 Å². The summed E-state index contributed by atoms with van der Waals surface area (Å²) in [5.41, 5.74) is 0.742. The highest BCUT2D eigenvalue weighted by atomic mass is 35.5. The summed E-state index contributed by atoms with van der Waals surface area (Å²) in [5, 5.41) is 9.93. The highest BCUT2D eigenvalue weighted by Gasteiger charge is 2.43. The molecule has 1 unspecified atom stereocenters. The lowest BCUT2D eigenvalue weighted by atomic mass is 10.1. The van der Waals surface area contributed by atoms with Crippen LogP contribution in [-0.4, -0.2) is 27.8 Å². The average Bonchev–Trinajstić information content (AvgIpc) is 2.75. The molecule has 5 nitrogen and oxygen atoms in total. The van der Waals surface area contributed by atoms with Gasteiger partial charge in [-0.3, -0.25) is 14.5 Å². The van der Waals surface area contributed by atoms with Crippen LogP contribution in [0.1, 0.15) is 32.3 Å². The quantitative estimate of drug-likeness (QED) is 0.884. The van der Waals surface area contributed by atoms with E-state index in [0.717, 1.165) is 4.90 Å². The van der Waals surface area contributed by atoms with E-state index >= 15 is 0 Å². The van der Waals surface area contributed by atoms with Gasteiger partial charge in [0.2, 0.25) is 0 Å². The Labute approximate surface area is 130 Å². The van der Waals surface area contributed by atoms with E-state index in [9.17, 15) is 19.5 Å². The molecule has 0 radical (unpaired) electrons. The van der Waals surface area contributed by atoms with Gasteiger partial charge < -0.3 is 5.11 Å². The Kier molecular flexibility index (Phi) is 3.42. The van der Waals surface area contributed by atoms with Crippen LogP contribution < -0.4 is 0 Å². The molecule has 6 heteroatoms. The predicted octanol–water partition coefficient (Wildman–Crippen LogP) is 2.76. The normalized spacial score (nSPS) is 14.9. The summed E-state index contributed by atoms with van der Waals surface area (Å²) < 4.78 is 0. The van der Waals surface area contributed by atoms with Crippen molar-refractivity contribution in [1.82, 2.24) is 4.90 Å². The number of carboxylic acid groups (broad SMARTS) is 1. The third-order valence-corrected chi connectivity index (χ3v) is 3.76. The van der Waals surface area contributed by atoms with Gasteiger partial charge in [0, 0.05) is 5.02 Å². The highest BCUT2D eigenvalue weighted by molar-refractivity contribution is 6.30. The first-order chi connectivity index (χ1) is 10.5. The standard InChI is InChI=1S/C16H10ClNO4/c17-10-7-5-9(6-8-10)13(16(21)22)18-14(19)11-3-1-2-4-12(11)15(18)20/h1-8,13H,(H,21,22). The maximum atomic E-state index is 12.4. The number of hydrogen-bond acceptors (Lipinski definition) is 3. The fourth-order valence-corrected chi connectivity index (χ4v) is 2.62. The zero-order valence-corrected chi connectivity index (χ0v) is 11.9. The topological polar surface area (TPSA) is 74.7 Å². The zero-order chi connectivity index (χ0) is 15.9. The molecule has 0 aromatic heterocycles. The van der Waals surface area contributed by atoms with E-state index in [1.165, 1.54) is 36.4 Å². The fraction of sp³-hybridized carbons (Fsp3) is 0.0625. The molecule has 22 heavy (non-hydrogen) atoms. The van der Waals surface area contributed by atoms with Gasteiger partial charge in [0.1, 0.15) is 0 Å². The number of hydrogen-bond donors (Lipinski definition) is 1. The summed E-state index contributed by atoms with van der Waals surface area (Å²) in [6, 6.07) is 10.9. The van der Waals surface area contributed by atoms with E-state index in [1.807, 2.05) is 0 Å². The van der Waals surface area contributed by atoms with Crippen LogP contribution in [0, 0.1) is 0 Å². The number of aliphatic carboxylic acids is 1. The first-order valence-corrected chi connectivity index (χ1v) is 6.83. The molecule has 2 aromatic carbocycles. The molecule has 0 aliphatic carbocycles. The summed E-state index contributed by atoms with van der Waals surface area (Å²) in [5.74, 6) is -2.50. The second-order valence-electron chi connectivity index (χ2n) is 4.82. The van der Waals surface area contributed by atoms with Gasteiger partial charge in [-0.2, -0.15) is 0 Å². The molecule has 0 fully saturated rings. The van der Waals surface area contributed by atoms with Crippen LogP contribution in [-0.2, 0) is 4.79 Å². The molecule has 0 saturated carbocycles. The van der Waals surface area contributed by atoms with Crippen LogP contribution in [0.2, 0.25) is 5.02 Å². The Hall–Kier alpha value is -2.66. The lowest BCUT2D eigenvalue weighted by Crippen LogP contribution is -2.38. The second kappa shape index (κ2) is 5.27. The van der Waals surface area contributed by atoms with Crippen LogP contribution in [0.5, 0.6) is 0 Å². The Balaban J connectivity index is 2.08. The number of halogens is 1. The number of amides is 2. The zero-order valence-electron chi connectivity index (χ0n) is 11.2. The third-order valence-electron chi connectivity index (χ3n) is 3.50. The highest BCUT2D eigenvalue weighted by Crippen LogP contribution is 2.32. The molecular weight excluding hydrogens is 306 g/mol. The van der Waals surface area contributed by atoms with Crippen LogP contribution in [0.3, 0.4) is 0 Å². The average molecular weight is 316 g/mol. The van der Waals surface area contributed by atoms with Crippen molar-refractivity contribution in [3.05, 3.63) is 70.2 Å². The Bertz CT molecular complexity index is 750. The molecule has 1 aliphatic heterocycles. The SMILES string of the molecule is O=C(O)C(c1ccc(Cl)cc1)N1C(=O)c2ccccc2C1=O. The van der Waals surface area contributed by atoms with Crippen LogP contribution in [0.25, 0.3) is 0 Å². The number of fused-ring (bicyclic) bond motifs is 1. The summed E-state index contributed by atoms with van der Waals surface area (Å²) in [4.78, 5) is 37.2. The summed E-state index contributed by atoms with van der Waals surface area (Å²) in [7, 11) is 0. The van der Waals surface area contributed by atoms with E-state index in [-0.39, 0.29) is 11.1 Å². The largest absolute Gasteiger partial charge is 0.479 e. The summed E-state index contributed by atoms with van der Waals surface area (Å²) >= 11 is 5.79. The molecule has 3 rings (SSSR count).